The number of esters is 1. The van der Waals surface area contributed by atoms with Crippen molar-refractivity contribution in [3.8, 4) is 0 Å². The van der Waals surface area contributed by atoms with Crippen LogP contribution in [0.5, 0.6) is 0 Å². The highest BCUT2D eigenvalue weighted by Crippen LogP contribution is 2.37. The van der Waals surface area contributed by atoms with Crippen molar-refractivity contribution in [1.82, 2.24) is 0 Å². The Morgan fingerprint density at radius 3 is 2.00 bits per heavy atom. The molecule has 28 heavy (non-hydrogen) atoms. The molecule has 1 aliphatic rings. The van der Waals surface area contributed by atoms with Crippen molar-refractivity contribution in [3.05, 3.63) is 12.2 Å². The maximum Gasteiger partial charge on any atom is 0.333 e. The number of rotatable bonds is 15. The van der Waals surface area contributed by atoms with Crippen LogP contribution in [0.25, 0.3) is 0 Å². The zero-order valence-electron chi connectivity index (χ0n) is 19.1. The Morgan fingerprint density at radius 1 is 1.07 bits per heavy atom. The van der Waals surface area contributed by atoms with E-state index in [0.29, 0.717) is 29.4 Å². The lowest BCUT2D eigenvalue weighted by atomic mass is 10.4. The average molecular weight is 431 g/mol. The molecule has 0 amide bonds. The summed E-state index contributed by atoms with van der Waals surface area (Å²) in [4.78, 5) is 11.6. The molecule has 3 unspecified atom stereocenters. The van der Waals surface area contributed by atoms with Crippen LogP contribution in [0, 0.1) is 0 Å². The molecule has 0 radical (unpaired) electrons. The Balaban J connectivity index is 2.55. The Bertz CT molecular complexity index is 507. The van der Waals surface area contributed by atoms with Crippen LogP contribution in [0.15, 0.2) is 12.2 Å². The normalized spacial score (nSPS) is 20.7. The molecule has 1 heterocycles. The molecular formula is C21H42O5Si2. The van der Waals surface area contributed by atoms with Crippen LogP contribution in [-0.2, 0) is 23.1 Å². The van der Waals surface area contributed by atoms with Crippen molar-refractivity contribution in [2.75, 3.05) is 26.4 Å². The fourth-order valence-corrected chi connectivity index (χ4v) is 12.9. The van der Waals surface area contributed by atoms with Gasteiger partial charge in [-0.05, 0) is 56.0 Å². The summed E-state index contributed by atoms with van der Waals surface area (Å²) in [5, 5.41) is 0. The smallest absolute Gasteiger partial charge is 0.333 e. The minimum atomic E-state index is -1.91. The molecule has 7 heteroatoms. The van der Waals surface area contributed by atoms with Gasteiger partial charge in [-0.25, -0.2) is 4.79 Å². The Hall–Kier alpha value is -0.476. The van der Waals surface area contributed by atoms with Gasteiger partial charge in [0, 0.05) is 12.2 Å². The lowest BCUT2D eigenvalue weighted by molar-refractivity contribution is -0.138. The number of hydrogen-bond donors (Lipinski definition) is 0. The molecule has 1 fully saturated rings. The molecule has 0 bridgehead atoms. The highest BCUT2D eigenvalue weighted by molar-refractivity contribution is 6.87. The molecule has 164 valence electrons. The summed E-state index contributed by atoms with van der Waals surface area (Å²) >= 11 is 0. The number of epoxide rings is 1. The molecule has 1 aliphatic heterocycles. The Labute approximate surface area is 174 Å². The molecule has 0 aliphatic carbocycles. The summed E-state index contributed by atoms with van der Waals surface area (Å²) in [6.45, 7) is 22.0. The first-order chi connectivity index (χ1) is 13.0. The third-order valence-corrected chi connectivity index (χ3v) is 17.3. The van der Waals surface area contributed by atoms with Gasteiger partial charge in [-0.1, -0.05) is 34.3 Å². The lowest BCUT2D eigenvalue weighted by Gasteiger charge is -2.43. The van der Waals surface area contributed by atoms with Gasteiger partial charge in [-0.3, -0.25) is 0 Å². The molecule has 5 nitrogen and oxygen atoms in total. The first-order valence-electron chi connectivity index (χ1n) is 10.7. The minimum Gasteiger partial charge on any atom is -0.462 e. The fourth-order valence-electron chi connectivity index (χ4n) is 3.06. The van der Waals surface area contributed by atoms with Crippen molar-refractivity contribution in [2.45, 2.75) is 89.8 Å². The summed E-state index contributed by atoms with van der Waals surface area (Å²) in [5.74, 6) is -0.299. The van der Waals surface area contributed by atoms with Crippen molar-refractivity contribution >= 4 is 22.6 Å². The maximum absolute atomic E-state index is 11.6. The van der Waals surface area contributed by atoms with E-state index in [4.69, 9.17) is 18.3 Å². The molecular weight excluding hydrogens is 388 g/mol. The van der Waals surface area contributed by atoms with Crippen LogP contribution in [0.4, 0.5) is 0 Å². The second-order valence-corrected chi connectivity index (χ2v) is 18.6. The van der Waals surface area contributed by atoms with Crippen LogP contribution >= 0.6 is 0 Å². The van der Waals surface area contributed by atoms with Crippen LogP contribution in [-0.4, -0.2) is 55.1 Å². The summed E-state index contributed by atoms with van der Waals surface area (Å²) in [6, 6.07) is 2.13. The van der Waals surface area contributed by atoms with Crippen LogP contribution in [0.3, 0.4) is 0 Å². The molecule has 0 aromatic heterocycles. The molecule has 1 saturated heterocycles. The van der Waals surface area contributed by atoms with E-state index in [-0.39, 0.29) is 5.97 Å². The van der Waals surface area contributed by atoms with E-state index in [0.717, 1.165) is 44.8 Å². The van der Waals surface area contributed by atoms with Gasteiger partial charge in [0.2, 0.25) is 0 Å². The third kappa shape index (κ3) is 8.90. The fraction of sp³-hybridized carbons (Fsp3) is 0.857. The average Bonchev–Trinajstić information content (AvgIpc) is 3.42. The molecule has 0 aromatic rings. The topological polar surface area (TPSA) is 57.3 Å². The minimum absolute atomic E-state index is 0.299. The van der Waals surface area contributed by atoms with Crippen molar-refractivity contribution in [3.63, 3.8) is 0 Å². The van der Waals surface area contributed by atoms with Crippen LogP contribution < -0.4 is 0 Å². The predicted molar refractivity (Wildman–Crippen MR) is 120 cm³/mol. The van der Waals surface area contributed by atoms with E-state index < -0.39 is 16.6 Å². The van der Waals surface area contributed by atoms with Gasteiger partial charge in [0.15, 0.2) is 16.6 Å². The van der Waals surface area contributed by atoms with Crippen molar-refractivity contribution in [1.29, 1.82) is 0 Å². The number of hydrogen-bond acceptors (Lipinski definition) is 5. The van der Waals surface area contributed by atoms with Crippen molar-refractivity contribution in [2.24, 2.45) is 0 Å². The SMILES string of the molecule is C=C(C)C(=O)OCCC[Si](C)(O[Si](C)(CCCOCC1CO1)C(C)C)C(C)C. The first-order valence-corrected chi connectivity index (χ1v) is 16.1. The summed E-state index contributed by atoms with van der Waals surface area (Å²) in [5.41, 5.74) is 1.54. The standard InChI is InChI=1S/C21H42O5Si2/c1-17(2)21(22)24-12-10-14-28(8,19(5)6)26-27(7,18(3)4)13-9-11-23-15-20-16-25-20/h18-20H,1,9-16H2,2-8H3. The van der Waals surface area contributed by atoms with Gasteiger partial charge in [0.05, 0.1) is 19.8 Å². The molecule has 0 saturated carbocycles. The van der Waals surface area contributed by atoms with Crippen LogP contribution in [0.2, 0.25) is 36.3 Å². The second kappa shape index (κ2) is 11.6. The van der Waals surface area contributed by atoms with E-state index >= 15 is 0 Å². The zero-order valence-corrected chi connectivity index (χ0v) is 21.1. The Morgan fingerprint density at radius 2 is 1.57 bits per heavy atom. The first kappa shape index (κ1) is 25.6. The van der Waals surface area contributed by atoms with Gasteiger partial charge in [0.25, 0.3) is 0 Å². The van der Waals surface area contributed by atoms with Crippen LogP contribution in [0.1, 0.15) is 47.5 Å². The Kier molecular flexibility index (Phi) is 10.6. The van der Waals surface area contributed by atoms with Gasteiger partial charge >= 0.3 is 5.97 Å². The molecule has 0 aromatic carbocycles. The third-order valence-electron chi connectivity index (χ3n) is 5.98. The molecule has 1 rings (SSSR count). The van der Waals surface area contributed by atoms with E-state index in [1.54, 1.807) is 6.92 Å². The van der Waals surface area contributed by atoms with Crippen molar-refractivity contribution < 1.29 is 23.1 Å². The number of ether oxygens (including phenoxy) is 3. The number of carbonyl (C=O) groups excluding carboxylic acids is 1. The highest BCUT2D eigenvalue weighted by atomic mass is 28.4. The predicted octanol–water partition coefficient (Wildman–Crippen LogP) is 5.29. The monoisotopic (exact) mass is 430 g/mol. The summed E-state index contributed by atoms with van der Waals surface area (Å²) in [7, 11) is -3.77. The zero-order chi connectivity index (χ0) is 21.4. The van der Waals surface area contributed by atoms with Gasteiger partial charge < -0.3 is 18.3 Å². The second-order valence-electron chi connectivity index (χ2n) is 9.19. The van der Waals surface area contributed by atoms with Gasteiger partial charge in [0.1, 0.15) is 6.10 Å². The van der Waals surface area contributed by atoms with E-state index in [2.05, 4.69) is 47.4 Å². The molecule has 0 spiro atoms. The van der Waals surface area contributed by atoms with E-state index in [1.807, 2.05) is 0 Å². The quantitative estimate of drug-likeness (QED) is 0.116. The maximum atomic E-state index is 11.6. The van der Waals surface area contributed by atoms with Gasteiger partial charge in [-0.15, -0.1) is 0 Å². The van der Waals surface area contributed by atoms with E-state index in [1.165, 1.54) is 0 Å². The number of carbonyl (C=O) groups is 1. The largest absolute Gasteiger partial charge is 0.462 e. The summed E-state index contributed by atoms with van der Waals surface area (Å²) < 4.78 is 23.3. The molecule has 3 atom stereocenters. The summed E-state index contributed by atoms with van der Waals surface area (Å²) in [6.07, 6.45) is 2.24. The van der Waals surface area contributed by atoms with Gasteiger partial charge in [-0.2, -0.15) is 0 Å². The molecule has 0 N–H and O–H groups in total. The lowest BCUT2D eigenvalue weighted by Crippen LogP contribution is -2.51. The van der Waals surface area contributed by atoms with E-state index in [9.17, 15) is 4.79 Å². The highest BCUT2D eigenvalue weighted by Gasteiger charge is 2.43.